The first-order chi connectivity index (χ1) is 14.0. The van der Waals surface area contributed by atoms with Crippen LogP contribution < -0.4 is 10.1 Å². The van der Waals surface area contributed by atoms with E-state index in [4.69, 9.17) is 9.47 Å². The molecule has 1 aromatic rings. The maximum Gasteiger partial charge on any atom is 0.256 e. The molecule has 0 unspecified atom stereocenters. The predicted octanol–water partition coefficient (Wildman–Crippen LogP) is 4.72. The number of benzene rings is 1. The van der Waals surface area contributed by atoms with Crippen LogP contribution in [0.15, 0.2) is 24.3 Å². The van der Waals surface area contributed by atoms with Crippen molar-refractivity contribution >= 4 is 11.6 Å². The molecule has 0 radical (unpaired) electrons. The van der Waals surface area contributed by atoms with Crippen molar-refractivity contribution in [3.8, 4) is 5.75 Å². The summed E-state index contributed by atoms with van der Waals surface area (Å²) in [4.78, 5) is 15.4. The molecule has 0 bridgehead atoms. The first-order valence-electron chi connectivity index (χ1n) is 11.3. The normalized spacial score (nSPS) is 25.2. The number of anilines is 1. The van der Waals surface area contributed by atoms with Gasteiger partial charge in [0.1, 0.15) is 18.0 Å². The zero-order chi connectivity index (χ0) is 20.7. The number of likely N-dealkylation sites (tertiary alicyclic amines) is 1. The van der Waals surface area contributed by atoms with Crippen molar-refractivity contribution in [1.29, 1.82) is 0 Å². The van der Waals surface area contributed by atoms with Crippen LogP contribution in [0.5, 0.6) is 5.75 Å². The van der Waals surface area contributed by atoms with Crippen molar-refractivity contribution < 1.29 is 14.3 Å². The number of amides is 1. The van der Waals surface area contributed by atoms with Crippen LogP contribution in [-0.4, -0.2) is 49.8 Å². The molecule has 162 valence electrons. The minimum atomic E-state index is -0.686. The monoisotopic (exact) mass is 402 g/mol. The minimum Gasteiger partial charge on any atom is -0.492 e. The zero-order valence-electron chi connectivity index (χ0n) is 18.4. The number of methoxy groups -OCH3 is 1. The number of nitrogens with one attached hydrogen (secondary N) is 1. The first-order valence-corrected chi connectivity index (χ1v) is 11.3. The van der Waals surface area contributed by atoms with Gasteiger partial charge in [-0.25, -0.2) is 0 Å². The topological polar surface area (TPSA) is 50.8 Å². The van der Waals surface area contributed by atoms with Gasteiger partial charge in [0.2, 0.25) is 0 Å². The van der Waals surface area contributed by atoms with Crippen LogP contribution in [0.4, 0.5) is 5.69 Å². The van der Waals surface area contributed by atoms with E-state index < -0.39 is 5.60 Å². The largest absolute Gasteiger partial charge is 0.492 e. The Balaban J connectivity index is 1.47. The van der Waals surface area contributed by atoms with Gasteiger partial charge in [-0.2, -0.15) is 0 Å². The second kappa shape index (κ2) is 10.4. The van der Waals surface area contributed by atoms with Gasteiger partial charge in [-0.05, 0) is 55.4 Å². The van der Waals surface area contributed by atoms with Gasteiger partial charge in [0.15, 0.2) is 0 Å². The third-order valence-electron chi connectivity index (χ3n) is 6.45. The van der Waals surface area contributed by atoms with Crippen LogP contribution in [0.25, 0.3) is 0 Å². The Bertz CT molecular complexity index is 628. The smallest absolute Gasteiger partial charge is 0.256 e. The van der Waals surface area contributed by atoms with E-state index in [-0.39, 0.29) is 5.91 Å². The van der Waals surface area contributed by atoms with E-state index in [0.717, 1.165) is 55.5 Å². The summed E-state index contributed by atoms with van der Waals surface area (Å²) in [6.07, 6.45) is 7.37. The van der Waals surface area contributed by atoms with Gasteiger partial charge in [-0.15, -0.1) is 0 Å². The van der Waals surface area contributed by atoms with E-state index in [1.54, 1.807) is 7.11 Å². The summed E-state index contributed by atoms with van der Waals surface area (Å²) >= 11 is 0. The van der Waals surface area contributed by atoms with Gasteiger partial charge in [0.05, 0.1) is 0 Å². The van der Waals surface area contributed by atoms with Gasteiger partial charge in [0.25, 0.3) is 5.91 Å². The highest BCUT2D eigenvalue weighted by Gasteiger charge is 2.38. The lowest BCUT2D eigenvalue weighted by atomic mass is 9.92. The Labute approximate surface area is 176 Å². The van der Waals surface area contributed by atoms with Crippen LogP contribution in [0, 0.1) is 11.8 Å². The van der Waals surface area contributed by atoms with Gasteiger partial charge in [-0.1, -0.05) is 39.5 Å². The fourth-order valence-electron chi connectivity index (χ4n) is 4.97. The second-order valence-electron chi connectivity index (χ2n) is 9.15. The number of rotatable bonds is 7. The highest BCUT2D eigenvalue weighted by Crippen LogP contribution is 2.31. The number of carbonyl (C=O) groups excluding carboxylic acids is 1. The van der Waals surface area contributed by atoms with Crippen molar-refractivity contribution in [2.75, 3.05) is 38.7 Å². The molecule has 1 N–H and O–H groups in total. The quantitative estimate of drug-likeness (QED) is 0.671. The average Bonchev–Trinajstić information content (AvgIpc) is 2.95. The molecule has 29 heavy (non-hydrogen) atoms. The standard InChI is InChI=1S/C24H38N2O3/c1-19-16-20(2)18-26(17-19)14-15-29-22-10-8-21(9-11-22)25-23(27)24(28-3)12-6-4-5-7-13-24/h8-11,19-20H,4-7,12-18H2,1-3H3,(H,25,27)/t19-,20+. The highest BCUT2D eigenvalue weighted by atomic mass is 16.5. The molecule has 1 saturated carbocycles. The Kier molecular flexibility index (Phi) is 7.96. The summed E-state index contributed by atoms with van der Waals surface area (Å²) in [5.74, 6) is 2.36. The fourth-order valence-corrected chi connectivity index (χ4v) is 4.97. The molecule has 1 aliphatic heterocycles. The molecule has 1 saturated heterocycles. The first kappa shape index (κ1) is 22.1. The van der Waals surface area contributed by atoms with E-state index in [9.17, 15) is 4.79 Å². The molecule has 2 fully saturated rings. The summed E-state index contributed by atoms with van der Waals surface area (Å²) in [6, 6.07) is 7.70. The molecule has 1 heterocycles. The summed E-state index contributed by atoms with van der Waals surface area (Å²) in [5, 5.41) is 3.05. The lowest BCUT2D eigenvalue weighted by Crippen LogP contribution is -2.44. The molecule has 1 aromatic carbocycles. The molecule has 0 aromatic heterocycles. The highest BCUT2D eigenvalue weighted by molar-refractivity contribution is 5.97. The number of hydrogen-bond donors (Lipinski definition) is 1. The van der Waals surface area contributed by atoms with Crippen molar-refractivity contribution in [1.82, 2.24) is 4.90 Å². The van der Waals surface area contributed by atoms with Gasteiger partial charge in [-0.3, -0.25) is 9.69 Å². The number of hydrogen-bond acceptors (Lipinski definition) is 4. The summed E-state index contributed by atoms with van der Waals surface area (Å²) in [5.41, 5.74) is 0.107. The number of piperidine rings is 1. The predicted molar refractivity (Wildman–Crippen MR) is 117 cm³/mol. The third-order valence-corrected chi connectivity index (χ3v) is 6.45. The molecule has 1 amide bonds. The van der Waals surface area contributed by atoms with Crippen LogP contribution in [-0.2, 0) is 9.53 Å². The number of nitrogens with zero attached hydrogens (tertiary/aromatic N) is 1. The molecular weight excluding hydrogens is 364 g/mol. The third kappa shape index (κ3) is 6.19. The van der Waals surface area contributed by atoms with Crippen LogP contribution in [0.1, 0.15) is 58.8 Å². The fraction of sp³-hybridized carbons (Fsp3) is 0.708. The van der Waals surface area contributed by atoms with E-state index >= 15 is 0 Å². The molecule has 3 rings (SSSR count). The SMILES string of the molecule is COC1(C(=O)Nc2ccc(OCCN3C[C@H](C)C[C@H](C)C3)cc2)CCCCCC1. The maximum absolute atomic E-state index is 12.9. The van der Waals surface area contributed by atoms with Crippen molar-refractivity contribution in [2.24, 2.45) is 11.8 Å². The minimum absolute atomic E-state index is 0.0242. The average molecular weight is 403 g/mol. The number of ether oxygens (including phenoxy) is 2. The van der Waals surface area contributed by atoms with E-state index in [0.29, 0.717) is 6.61 Å². The molecule has 5 nitrogen and oxygen atoms in total. The molecule has 2 aliphatic rings. The summed E-state index contributed by atoms with van der Waals surface area (Å²) in [7, 11) is 1.66. The summed E-state index contributed by atoms with van der Waals surface area (Å²) in [6.45, 7) is 8.65. The van der Waals surface area contributed by atoms with Crippen LogP contribution >= 0.6 is 0 Å². The summed E-state index contributed by atoms with van der Waals surface area (Å²) < 4.78 is 11.6. The Hall–Kier alpha value is -1.59. The molecule has 2 atom stereocenters. The molecular formula is C24H38N2O3. The van der Waals surface area contributed by atoms with E-state index in [1.165, 1.54) is 32.4 Å². The lowest BCUT2D eigenvalue weighted by Gasteiger charge is -2.34. The van der Waals surface area contributed by atoms with Crippen molar-refractivity contribution in [2.45, 2.75) is 64.4 Å². The van der Waals surface area contributed by atoms with Gasteiger partial charge < -0.3 is 14.8 Å². The van der Waals surface area contributed by atoms with Crippen LogP contribution in [0.3, 0.4) is 0 Å². The molecule has 5 heteroatoms. The molecule has 0 spiro atoms. The van der Waals surface area contributed by atoms with Gasteiger partial charge in [0, 0.05) is 32.4 Å². The van der Waals surface area contributed by atoms with Crippen molar-refractivity contribution in [3.05, 3.63) is 24.3 Å². The Morgan fingerprint density at radius 1 is 1.07 bits per heavy atom. The van der Waals surface area contributed by atoms with E-state index in [1.807, 2.05) is 24.3 Å². The van der Waals surface area contributed by atoms with Crippen molar-refractivity contribution in [3.63, 3.8) is 0 Å². The lowest BCUT2D eigenvalue weighted by molar-refractivity contribution is -0.139. The Morgan fingerprint density at radius 3 is 2.28 bits per heavy atom. The zero-order valence-corrected chi connectivity index (χ0v) is 18.4. The maximum atomic E-state index is 12.9. The van der Waals surface area contributed by atoms with E-state index in [2.05, 4.69) is 24.1 Å². The number of carbonyl (C=O) groups is 1. The second-order valence-corrected chi connectivity index (χ2v) is 9.15. The van der Waals surface area contributed by atoms with Gasteiger partial charge >= 0.3 is 0 Å². The Morgan fingerprint density at radius 2 is 1.69 bits per heavy atom. The molecule has 1 aliphatic carbocycles. The van der Waals surface area contributed by atoms with Crippen LogP contribution in [0.2, 0.25) is 0 Å².